The number of carbonyl (C=O) groups is 1. The number of amides is 1. The Labute approximate surface area is 165 Å². The summed E-state index contributed by atoms with van der Waals surface area (Å²) >= 11 is 5.95. The predicted octanol–water partition coefficient (Wildman–Crippen LogP) is 3.83. The summed E-state index contributed by atoms with van der Waals surface area (Å²) in [6.07, 6.45) is 1.34. The highest BCUT2D eigenvalue weighted by molar-refractivity contribution is 7.88. The quantitative estimate of drug-likeness (QED) is 0.820. The van der Waals surface area contributed by atoms with Crippen LogP contribution in [0.2, 0.25) is 5.02 Å². The van der Waals surface area contributed by atoms with Gasteiger partial charge in [-0.05, 0) is 49.1 Å². The minimum Gasteiger partial charge on any atom is -0.326 e. The van der Waals surface area contributed by atoms with E-state index in [0.717, 1.165) is 11.1 Å². The second kappa shape index (κ2) is 8.42. The minimum absolute atomic E-state index is 0.0394. The highest BCUT2D eigenvalue weighted by atomic mass is 35.5. The van der Waals surface area contributed by atoms with Crippen molar-refractivity contribution in [3.8, 4) is 0 Å². The van der Waals surface area contributed by atoms with Gasteiger partial charge in [0.05, 0.1) is 11.7 Å². The van der Waals surface area contributed by atoms with Crippen molar-refractivity contribution >= 4 is 33.2 Å². The number of hydrogen-bond acceptors (Lipinski definition) is 3. The van der Waals surface area contributed by atoms with Crippen LogP contribution in [-0.2, 0) is 20.6 Å². The number of sulfonamides is 1. The Hall–Kier alpha value is -1.89. The van der Waals surface area contributed by atoms with Crippen LogP contribution >= 0.6 is 11.6 Å². The summed E-state index contributed by atoms with van der Waals surface area (Å²) in [6.45, 7) is 2.57. The zero-order chi connectivity index (χ0) is 19.4. The van der Waals surface area contributed by atoms with Gasteiger partial charge < -0.3 is 5.32 Å². The normalized spacial score (nSPS) is 18.2. The molecule has 0 unspecified atom stereocenters. The molecule has 2 aromatic carbocycles. The number of hydrogen-bond donors (Lipinski definition) is 1. The molecule has 1 aliphatic rings. The molecule has 0 aromatic heterocycles. The molecule has 1 aliphatic heterocycles. The van der Waals surface area contributed by atoms with E-state index < -0.39 is 10.0 Å². The number of nitrogens with one attached hydrogen (secondary N) is 1. The molecular formula is C20H23ClN2O3S. The van der Waals surface area contributed by atoms with Gasteiger partial charge in [0.25, 0.3) is 0 Å². The van der Waals surface area contributed by atoms with E-state index in [4.69, 9.17) is 11.6 Å². The van der Waals surface area contributed by atoms with Crippen LogP contribution in [0, 0.1) is 12.8 Å². The first-order valence-electron chi connectivity index (χ1n) is 8.94. The zero-order valence-electron chi connectivity index (χ0n) is 15.2. The molecule has 0 aliphatic carbocycles. The summed E-state index contributed by atoms with van der Waals surface area (Å²) in [5.41, 5.74) is 2.36. The molecule has 3 rings (SSSR count). The Balaban J connectivity index is 1.68. The van der Waals surface area contributed by atoms with Crippen molar-refractivity contribution in [3.05, 3.63) is 64.7 Å². The maximum Gasteiger partial charge on any atom is 0.228 e. The number of aryl methyl sites for hydroxylation is 1. The lowest BCUT2D eigenvalue weighted by molar-refractivity contribution is -0.120. The fraction of sp³-hybridized carbons (Fsp3) is 0.350. The fourth-order valence-electron chi connectivity index (χ4n) is 3.28. The minimum atomic E-state index is -3.47. The second-order valence-corrected chi connectivity index (χ2v) is 9.28. The molecule has 27 heavy (non-hydrogen) atoms. The van der Waals surface area contributed by atoms with E-state index in [0.29, 0.717) is 30.1 Å². The second-order valence-electron chi connectivity index (χ2n) is 6.88. The monoisotopic (exact) mass is 406 g/mol. The number of benzene rings is 2. The topological polar surface area (TPSA) is 66.5 Å². The van der Waals surface area contributed by atoms with Gasteiger partial charge in [0.2, 0.25) is 15.9 Å². The first kappa shape index (κ1) is 19.9. The fourth-order valence-corrected chi connectivity index (χ4v) is 5.18. The number of carbonyl (C=O) groups excluding carboxylic acids is 1. The first-order chi connectivity index (χ1) is 12.8. The van der Waals surface area contributed by atoms with Crippen LogP contribution in [0.5, 0.6) is 0 Å². The number of halogens is 1. The number of rotatable bonds is 5. The highest BCUT2D eigenvalue weighted by Crippen LogP contribution is 2.24. The molecule has 2 aromatic rings. The van der Waals surface area contributed by atoms with Gasteiger partial charge in [-0.2, -0.15) is 0 Å². The van der Waals surface area contributed by atoms with Gasteiger partial charge in [0.1, 0.15) is 0 Å². The number of piperidine rings is 1. The molecule has 0 spiro atoms. The van der Waals surface area contributed by atoms with E-state index in [2.05, 4.69) is 5.32 Å². The maximum absolute atomic E-state index is 12.9. The van der Waals surface area contributed by atoms with Crippen molar-refractivity contribution in [3.63, 3.8) is 0 Å². The SMILES string of the molecule is Cc1ccccc1CS(=O)(=O)N1CCC[C@@H](C(=O)Nc2cccc(Cl)c2)C1. The highest BCUT2D eigenvalue weighted by Gasteiger charge is 2.32. The summed E-state index contributed by atoms with van der Waals surface area (Å²) in [5, 5.41) is 3.38. The van der Waals surface area contributed by atoms with Gasteiger partial charge in [-0.3, -0.25) is 4.79 Å². The third-order valence-electron chi connectivity index (χ3n) is 4.84. The summed E-state index contributed by atoms with van der Waals surface area (Å²) < 4.78 is 27.2. The van der Waals surface area contributed by atoms with Gasteiger partial charge in [-0.15, -0.1) is 0 Å². The van der Waals surface area contributed by atoms with E-state index in [1.807, 2.05) is 31.2 Å². The molecule has 0 saturated carbocycles. The van der Waals surface area contributed by atoms with Crippen LogP contribution in [0.4, 0.5) is 5.69 Å². The standard InChI is InChI=1S/C20H23ClN2O3S/c1-15-6-2-3-7-17(15)14-27(25,26)23-11-5-8-16(13-23)20(24)22-19-10-4-9-18(21)12-19/h2-4,6-7,9-10,12,16H,5,8,11,13-14H2,1H3,(H,22,24)/t16-/m1/s1. The smallest absolute Gasteiger partial charge is 0.228 e. The molecule has 5 nitrogen and oxygen atoms in total. The predicted molar refractivity (Wildman–Crippen MR) is 108 cm³/mol. The molecule has 1 heterocycles. The van der Waals surface area contributed by atoms with Crippen molar-refractivity contribution in [2.75, 3.05) is 18.4 Å². The van der Waals surface area contributed by atoms with Crippen LogP contribution in [0.15, 0.2) is 48.5 Å². The third-order valence-corrected chi connectivity index (χ3v) is 6.87. The van der Waals surface area contributed by atoms with Crippen LogP contribution < -0.4 is 5.32 Å². The maximum atomic E-state index is 12.9. The Morgan fingerprint density at radius 1 is 1.22 bits per heavy atom. The van der Waals surface area contributed by atoms with Crippen LogP contribution in [-0.4, -0.2) is 31.7 Å². The molecule has 1 N–H and O–H groups in total. The lowest BCUT2D eigenvalue weighted by atomic mass is 9.99. The van der Waals surface area contributed by atoms with Gasteiger partial charge in [-0.25, -0.2) is 12.7 Å². The average Bonchev–Trinajstić information content (AvgIpc) is 2.64. The molecule has 0 radical (unpaired) electrons. The molecule has 7 heteroatoms. The Morgan fingerprint density at radius 3 is 2.74 bits per heavy atom. The molecular weight excluding hydrogens is 384 g/mol. The Bertz CT molecular complexity index is 930. The van der Waals surface area contributed by atoms with Crippen molar-refractivity contribution < 1.29 is 13.2 Å². The Morgan fingerprint density at radius 2 is 2.00 bits per heavy atom. The van der Waals surface area contributed by atoms with E-state index in [1.165, 1.54) is 4.31 Å². The van der Waals surface area contributed by atoms with Crippen molar-refractivity contribution in [1.82, 2.24) is 4.31 Å². The first-order valence-corrected chi connectivity index (χ1v) is 10.9. The van der Waals surface area contributed by atoms with Crippen molar-refractivity contribution in [2.24, 2.45) is 5.92 Å². The average molecular weight is 407 g/mol. The zero-order valence-corrected chi connectivity index (χ0v) is 16.8. The summed E-state index contributed by atoms with van der Waals surface area (Å²) in [6, 6.07) is 14.4. The molecule has 1 saturated heterocycles. The summed E-state index contributed by atoms with van der Waals surface area (Å²) in [7, 11) is -3.47. The van der Waals surface area contributed by atoms with E-state index >= 15 is 0 Å². The van der Waals surface area contributed by atoms with Crippen LogP contribution in [0.3, 0.4) is 0 Å². The van der Waals surface area contributed by atoms with E-state index in [9.17, 15) is 13.2 Å². The Kier molecular flexibility index (Phi) is 6.19. The van der Waals surface area contributed by atoms with Crippen LogP contribution in [0.25, 0.3) is 0 Å². The van der Waals surface area contributed by atoms with E-state index in [-0.39, 0.29) is 24.1 Å². The summed E-state index contributed by atoms with van der Waals surface area (Å²) in [4.78, 5) is 12.6. The molecule has 144 valence electrons. The lowest BCUT2D eigenvalue weighted by Crippen LogP contribution is -2.44. The molecule has 0 bridgehead atoms. The van der Waals surface area contributed by atoms with Crippen LogP contribution in [0.1, 0.15) is 24.0 Å². The van der Waals surface area contributed by atoms with Gasteiger partial charge in [-0.1, -0.05) is 41.9 Å². The number of nitrogens with zero attached hydrogens (tertiary/aromatic N) is 1. The molecule has 1 fully saturated rings. The largest absolute Gasteiger partial charge is 0.326 e. The van der Waals surface area contributed by atoms with Gasteiger partial charge in [0, 0.05) is 23.8 Å². The molecule has 1 atom stereocenters. The third kappa shape index (κ3) is 5.09. The number of anilines is 1. The summed E-state index contributed by atoms with van der Waals surface area (Å²) in [5.74, 6) is -0.583. The van der Waals surface area contributed by atoms with Gasteiger partial charge in [0.15, 0.2) is 0 Å². The van der Waals surface area contributed by atoms with E-state index in [1.54, 1.807) is 24.3 Å². The lowest BCUT2D eigenvalue weighted by Gasteiger charge is -2.31. The van der Waals surface area contributed by atoms with Crippen molar-refractivity contribution in [2.45, 2.75) is 25.5 Å². The van der Waals surface area contributed by atoms with Gasteiger partial charge >= 0.3 is 0 Å². The molecule has 1 amide bonds. The van der Waals surface area contributed by atoms with Crippen molar-refractivity contribution in [1.29, 1.82) is 0 Å².